The zero-order valence-electron chi connectivity index (χ0n) is 56.2. The molecule has 0 amide bonds. The van der Waals surface area contributed by atoms with Crippen LogP contribution in [0.5, 0.6) is 0 Å². The maximum absolute atomic E-state index is 13.0. The molecular formula is C77H144O6. The molecule has 0 saturated heterocycles. The highest BCUT2D eigenvalue weighted by atomic mass is 16.6. The number of rotatable bonds is 70. The first-order chi connectivity index (χ1) is 41.0. The predicted octanol–water partition coefficient (Wildman–Crippen LogP) is 25.9. The number of unbranched alkanes of at least 4 members (excludes halogenated alkanes) is 53. The van der Waals surface area contributed by atoms with Crippen LogP contribution in [0.3, 0.4) is 0 Å². The molecule has 0 aromatic carbocycles. The Hall–Kier alpha value is -2.37. The van der Waals surface area contributed by atoms with Gasteiger partial charge in [-0.15, -0.1) is 0 Å². The molecule has 1 atom stereocenters. The van der Waals surface area contributed by atoms with Crippen LogP contribution in [0.15, 0.2) is 36.5 Å². The van der Waals surface area contributed by atoms with Gasteiger partial charge in [-0.05, 0) is 77.0 Å². The molecule has 0 radical (unpaired) electrons. The van der Waals surface area contributed by atoms with Gasteiger partial charge in [-0.2, -0.15) is 0 Å². The maximum atomic E-state index is 13.0. The molecule has 488 valence electrons. The van der Waals surface area contributed by atoms with Crippen LogP contribution in [0, 0.1) is 0 Å². The average Bonchev–Trinajstić information content (AvgIpc) is 3.49. The summed E-state index contributed by atoms with van der Waals surface area (Å²) >= 11 is 0. The lowest BCUT2D eigenvalue weighted by Crippen LogP contribution is -2.30. The van der Waals surface area contributed by atoms with Gasteiger partial charge in [0.25, 0.3) is 0 Å². The molecule has 0 spiro atoms. The number of ether oxygens (including phenoxy) is 3. The smallest absolute Gasteiger partial charge is 0.306 e. The molecule has 0 fully saturated rings. The van der Waals surface area contributed by atoms with E-state index in [4.69, 9.17) is 14.2 Å². The van der Waals surface area contributed by atoms with E-state index in [1.807, 2.05) is 0 Å². The Morgan fingerprint density at radius 2 is 0.434 bits per heavy atom. The van der Waals surface area contributed by atoms with Crippen molar-refractivity contribution >= 4 is 17.9 Å². The first-order valence-electron chi connectivity index (χ1n) is 37.5. The molecule has 1 unspecified atom stereocenters. The lowest BCUT2D eigenvalue weighted by atomic mass is 10.0. The predicted molar refractivity (Wildman–Crippen MR) is 362 cm³/mol. The van der Waals surface area contributed by atoms with Gasteiger partial charge in [0, 0.05) is 19.3 Å². The fourth-order valence-corrected chi connectivity index (χ4v) is 11.5. The zero-order chi connectivity index (χ0) is 59.9. The van der Waals surface area contributed by atoms with Crippen LogP contribution in [0.25, 0.3) is 0 Å². The van der Waals surface area contributed by atoms with E-state index in [1.54, 1.807) is 0 Å². The first-order valence-corrected chi connectivity index (χ1v) is 37.5. The van der Waals surface area contributed by atoms with Crippen LogP contribution < -0.4 is 0 Å². The van der Waals surface area contributed by atoms with Gasteiger partial charge < -0.3 is 14.2 Å². The van der Waals surface area contributed by atoms with Gasteiger partial charge in [-0.3, -0.25) is 14.4 Å². The molecule has 83 heavy (non-hydrogen) atoms. The molecule has 0 aliphatic carbocycles. The van der Waals surface area contributed by atoms with Crippen molar-refractivity contribution in [3.63, 3.8) is 0 Å². The summed E-state index contributed by atoms with van der Waals surface area (Å²) in [5, 5.41) is 0. The van der Waals surface area contributed by atoms with Gasteiger partial charge in [0.05, 0.1) is 0 Å². The summed E-state index contributed by atoms with van der Waals surface area (Å²) < 4.78 is 17.0. The van der Waals surface area contributed by atoms with Crippen molar-refractivity contribution in [2.45, 2.75) is 425 Å². The molecule has 0 aliphatic heterocycles. The lowest BCUT2D eigenvalue weighted by molar-refractivity contribution is -0.167. The van der Waals surface area contributed by atoms with E-state index >= 15 is 0 Å². The minimum absolute atomic E-state index is 0.0662. The highest BCUT2D eigenvalue weighted by Crippen LogP contribution is 2.19. The zero-order valence-corrected chi connectivity index (χ0v) is 56.2. The van der Waals surface area contributed by atoms with Crippen molar-refractivity contribution in [1.29, 1.82) is 0 Å². The summed E-state index contributed by atoms with van der Waals surface area (Å²) in [5.41, 5.74) is 0. The Bertz CT molecular complexity index is 1380. The average molecular weight is 1170 g/mol. The Morgan fingerprint density at radius 3 is 0.675 bits per heavy atom. The summed E-state index contributed by atoms with van der Waals surface area (Å²) in [6.45, 7) is 6.71. The molecule has 0 N–H and O–H groups in total. The van der Waals surface area contributed by atoms with E-state index in [0.717, 1.165) is 64.2 Å². The standard InChI is InChI=1S/C77H144O6/c1-4-7-10-13-16-19-22-25-28-30-32-34-36-38-40-42-44-46-49-52-55-58-61-64-67-70-76(79)82-73-74(72-81-75(78)69-66-63-60-57-54-51-48-27-24-21-18-15-12-9-6-3)83-77(80)71-68-65-62-59-56-53-50-47-45-43-41-39-37-35-33-31-29-26-23-20-17-14-11-8-5-2/h22,25,30-33,74H,4-21,23-24,26-29,34-73H2,1-3H3/b25-22-,32-30-,33-31-. The fourth-order valence-electron chi connectivity index (χ4n) is 11.5. The Labute approximate surface area is 518 Å². The maximum Gasteiger partial charge on any atom is 0.306 e. The molecule has 0 heterocycles. The summed E-state index contributed by atoms with van der Waals surface area (Å²) in [5.74, 6) is -0.834. The fraction of sp³-hybridized carbons (Fsp3) is 0.883. The number of carbonyl (C=O) groups excluding carboxylic acids is 3. The molecular weight excluding hydrogens is 1020 g/mol. The number of esters is 3. The van der Waals surface area contributed by atoms with Crippen molar-refractivity contribution in [3.8, 4) is 0 Å². The van der Waals surface area contributed by atoms with Crippen LogP contribution >= 0.6 is 0 Å². The Kier molecular flexibility index (Phi) is 70.0. The van der Waals surface area contributed by atoms with E-state index in [-0.39, 0.29) is 31.1 Å². The molecule has 6 heteroatoms. The second-order valence-corrected chi connectivity index (χ2v) is 25.6. The second kappa shape index (κ2) is 72.1. The summed E-state index contributed by atoms with van der Waals surface area (Å²) in [4.78, 5) is 38.5. The molecule has 6 nitrogen and oxygen atoms in total. The molecule has 0 bridgehead atoms. The van der Waals surface area contributed by atoms with Gasteiger partial charge in [0.2, 0.25) is 0 Å². The normalized spacial score (nSPS) is 12.2. The quantitative estimate of drug-likeness (QED) is 0.0261. The van der Waals surface area contributed by atoms with Crippen LogP contribution in [0.2, 0.25) is 0 Å². The number of hydrogen-bond acceptors (Lipinski definition) is 6. The van der Waals surface area contributed by atoms with Gasteiger partial charge >= 0.3 is 17.9 Å². The van der Waals surface area contributed by atoms with Crippen molar-refractivity contribution in [2.75, 3.05) is 13.2 Å². The third-order valence-corrected chi connectivity index (χ3v) is 17.1. The Balaban J connectivity index is 4.25. The van der Waals surface area contributed by atoms with Gasteiger partial charge in [0.1, 0.15) is 13.2 Å². The Morgan fingerprint density at radius 1 is 0.241 bits per heavy atom. The minimum Gasteiger partial charge on any atom is -0.462 e. The molecule has 0 aromatic heterocycles. The largest absolute Gasteiger partial charge is 0.462 e. The number of allylic oxidation sites excluding steroid dienone is 6. The van der Waals surface area contributed by atoms with E-state index in [1.165, 1.54) is 315 Å². The van der Waals surface area contributed by atoms with Crippen molar-refractivity contribution in [2.24, 2.45) is 0 Å². The molecule has 0 rings (SSSR count). The molecule has 0 aliphatic rings. The van der Waals surface area contributed by atoms with E-state index in [0.29, 0.717) is 19.3 Å². The highest BCUT2D eigenvalue weighted by Gasteiger charge is 2.20. The van der Waals surface area contributed by atoms with Crippen LogP contribution in [-0.4, -0.2) is 37.2 Å². The van der Waals surface area contributed by atoms with Gasteiger partial charge in [-0.25, -0.2) is 0 Å². The first kappa shape index (κ1) is 80.6. The van der Waals surface area contributed by atoms with Gasteiger partial charge in [0.15, 0.2) is 6.10 Å². The molecule has 0 saturated carbocycles. The molecule has 0 aromatic rings. The van der Waals surface area contributed by atoms with Crippen molar-refractivity contribution in [1.82, 2.24) is 0 Å². The lowest BCUT2D eigenvalue weighted by Gasteiger charge is -2.18. The van der Waals surface area contributed by atoms with E-state index in [2.05, 4.69) is 57.2 Å². The van der Waals surface area contributed by atoms with E-state index < -0.39 is 6.10 Å². The SMILES string of the molecule is CCCCCCC/C=C\C/C=C\CCCCCCCCCCCCCCCC(=O)OCC(COC(=O)CCCCCCCCCCCCCCCCC)OC(=O)CCCCCCCCCCCCCCC/C=C\CCCCCCCCCC. The van der Waals surface area contributed by atoms with Crippen molar-refractivity contribution < 1.29 is 28.6 Å². The summed E-state index contributed by atoms with van der Waals surface area (Å²) in [7, 11) is 0. The minimum atomic E-state index is -0.771. The summed E-state index contributed by atoms with van der Waals surface area (Å²) in [6.07, 6.45) is 90.4. The van der Waals surface area contributed by atoms with Crippen LogP contribution in [0.1, 0.15) is 419 Å². The third-order valence-electron chi connectivity index (χ3n) is 17.1. The van der Waals surface area contributed by atoms with Gasteiger partial charge in [-0.1, -0.05) is 359 Å². The number of carbonyl (C=O) groups is 3. The van der Waals surface area contributed by atoms with E-state index in [9.17, 15) is 14.4 Å². The van der Waals surface area contributed by atoms with Crippen LogP contribution in [-0.2, 0) is 28.6 Å². The van der Waals surface area contributed by atoms with Crippen molar-refractivity contribution in [3.05, 3.63) is 36.5 Å². The van der Waals surface area contributed by atoms with Crippen LogP contribution in [0.4, 0.5) is 0 Å². The summed E-state index contributed by atoms with van der Waals surface area (Å²) in [6, 6.07) is 0. The highest BCUT2D eigenvalue weighted by molar-refractivity contribution is 5.71. The number of hydrogen-bond donors (Lipinski definition) is 0. The second-order valence-electron chi connectivity index (χ2n) is 25.6. The topological polar surface area (TPSA) is 78.9 Å². The monoisotopic (exact) mass is 1170 g/mol. The third kappa shape index (κ3) is 70.3.